The number of piperidine rings is 1. The molecule has 3 rings (SSSR count). The van der Waals surface area contributed by atoms with Gasteiger partial charge in [0.2, 0.25) is 0 Å². The van der Waals surface area contributed by atoms with Gasteiger partial charge in [-0.25, -0.2) is 4.98 Å². The van der Waals surface area contributed by atoms with Gasteiger partial charge in [0, 0.05) is 34.8 Å². The Bertz CT molecular complexity index is 662. The van der Waals surface area contributed by atoms with Gasteiger partial charge in [0.1, 0.15) is 5.01 Å². The summed E-state index contributed by atoms with van der Waals surface area (Å²) in [7, 11) is 0. The lowest BCUT2D eigenvalue weighted by Gasteiger charge is -2.36. The molecule has 0 aliphatic carbocycles. The quantitative estimate of drug-likeness (QED) is 0.824. The number of benzene rings is 1. The maximum absolute atomic E-state index is 12.7. The Morgan fingerprint density at radius 1 is 1.23 bits per heavy atom. The Labute approximate surface area is 136 Å². The number of hydrogen-bond donors (Lipinski definition) is 0. The molecular weight excluding hydrogens is 292 g/mol. The predicted octanol–water partition coefficient (Wildman–Crippen LogP) is 4.38. The van der Waals surface area contributed by atoms with Gasteiger partial charge in [-0.1, -0.05) is 19.1 Å². The molecule has 2 aromatic rings. The molecule has 3 nitrogen and oxygen atoms in total. The SMILES string of the molecule is Cc1csc(-c2ccc(C(=O)N3C[C@@H](C)CC[C@@H]3C)cc2)n1. The first-order valence-corrected chi connectivity index (χ1v) is 8.76. The minimum atomic E-state index is 0.154. The molecule has 1 fully saturated rings. The Kier molecular flexibility index (Phi) is 4.30. The molecule has 1 saturated heterocycles. The van der Waals surface area contributed by atoms with E-state index in [2.05, 4.69) is 18.8 Å². The summed E-state index contributed by atoms with van der Waals surface area (Å²) in [4.78, 5) is 19.2. The van der Waals surface area contributed by atoms with Crippen molar-refractivity contribution in [3.05, 3.63) is 40.9 Å². The van der Waals surface area contributed by atoms with E-state index in [-0.39, 0.29) is 5.91 Å². The zero-order chi connectivity index (χ0) is 15.7. The van der Waals surface area contributed by atoms with E-state index >= 15 is 0 Å². The first-order valence-electron chi connectivity index (χ1n) is 7.88. The fourth-order valence-corrected chi connectivity index (χ4v) is 3.78. The maximum Gasteiger partial charge on any atom is 0.254 e. The molecule has 0 bridgehead atoms. The van der Waals surface area contributed by atoms with Gasteiger partial charge < -0.3 is 4.90 Å². The molecular formula is C18H22N2OS. The molecule has 0 radical (unpaired) electrons. The zero-order valence-corrected chi connectivity index (χ0v) is 14.2. The molecule has 1 aromatic heterocycles. The second-order valence-corrected chi connectivity index (χ2v) is 7.22. The Balaban J connectivity index is 1.78. The van der Waals surface area contributed by atoms with Gasteiger partial charge >= 0.3 is 0 Å². The van der Waals surface area contributed by atoms with Crippen LogP contribution in [0.4, 0.5) is 0 Å². The van der Waals surface area contributed by atoms with E-state index in [1.165, 1.54) is 6.42 Å². The van der Waals surface area contributed by atoms with Crippen LogP contribution in [0.5, 0.6) is 0 Å². The third-order valence-electron chi connectivity index (χ3n) is 4.38. The van der Waals surface area contributed by atoms with E-state index in [4.69, 9.17) is 0 Å². The highest BCUT2D eigenvalue weighted by molar-refractivity contribution is 7.13. The van der Waals surface area contributed by atoms with Crippen LogP contribution < -0.4 is 0 Å². The van der Waals surface area contributed by atoms with Gasteiger partial charge in [-0.05, 0) is 44.7 Å². The molecule has 22 heavy (non-hydrogen) atoms. The van der Waals surface area contributed by atoms with E-state index < -0.39 is 0 Å². The fourth-order valence-electron chi connectivity index (χ4n) is 2.98. The number of hydrogen-bond acceptors (Lipinski definition) is 3. The number of rotatable bonds is 2. The number of carbonyl (C=O) groups excluding carboxylic acids is 1. The van der Waals surface area contributed by atoms with Gasteiger partial charge in [0.15, 0.2) is 0 Å². The zero-order valence-electron chi connectivity index (χ0n) is 13.4. The first-order chi connectivity index (χ1) is 10.5. The maximum atomic E-state index is 12.7. The average Bonchev–Trinajstić information content (AvgIpc) is 2.96. The molecule has 0 spiro atoms. The van der Waals surface area contributed by atoms with Gasteiger partial charge in [-0.15, -0.1) is 11.3 Å². The summed E-state index contributed by atoms with van der Waals surface area (Å²) in [6, 6.07) is 8.21. The molecule has 1 aliphatic rings. The Morgan fingerprint density at radius 3 is 2.59 bits per heavy atom. The van der Waals surface area contributed by atoms with Gasteiger partial charge in [-0.3, -0.25) is 4.79 Å². The first kappa shape index (κ1) is 15.2. The smallest absolute Gasteiger partial charge is 0.254 e. The van der Waals surface area contributed by atoms with Crippen LogP contribution in [0.2, 0.25) is 0 Å². The summed E-state index contributed by atoms with van der Waals surface area (Å²) in [6.07, 6.45) is 2.32. The molecule has 2 heterocycles. The van der Waals surface area contributed by atoms with Crippen molar-refractivity contribution in [2.45, 2.75) is 39.7 Å². The lowest BCUT2D eigenvalue weighted by atomic mass is 9.94. The second kappa shape index (κ2) is 6.21. The number of thiazole rings is 1. The van der Waals surface area contributed by atoms with Crippen LogP contribution >= 0.6 is 11.3 Å². The van der Waals surface area contributed by atoms with Crippen molar-refractivity contribution in [1.29, 1.82) is 0 Å². The van der Waals surface area contributed by atoms with Crippen LogP contribution in [0.25, 0.3) is 10.6 Å². The number of nitrogens with zero attached hydrogens (tertiary/aromatic N) is 2. The van der Waals surface area contributed by atoms with Crippen molar-refractivity contribution < 1.29 is 4.79 Å². The van der Waals surface area contributed by atoms with Crippen molar-refractivity contribution in [3.8, 4) is 10.6 Å². The molecule has 0 saturated carbocycles. The van der Waals surface area contributed by atoms with Gasteiger partial charge in [-0.2, -0.15) is 0 Å². The molecule has 0 N–H and O–H groups in total. The van der Waals surface area contributed by atoms with Gasteiger partial charge in [0.05, 0.1) is 0 Å². The number of carbonyl (C=O) groups is 1. The van der Waals surface area contributed by atoms with E-state index in [9.17, 15) is 4.79 Å². The summed E-state index contributed by atoms with van der Waals surface area (Å²) in [5.74, 6) is 0.749. The summed E-state index contributed by atoms with van der Waals surface area (Å²) in [5, 5.41) is 3.06. The van der Waals surface area contributed by atoms with E-state index in [0.717, 1.165) is 34.8 Å². The van der Waals surface area contributed by atoms with Crippen LogP contribution in [0, 0.1) is 12.8 Å². The van der Waals surface area contributed by atoms with E-state index in [1.807, 2.05) is 41.5 Å². The molecule has 4 heteroatoms. The third-order valence-corrected chi connectivity index (χ3v) is 5.39. The van der Waals surface area contributed by atoms with Crippen LogP contribution in [0.1, 0.15) is 42.7 Å². The van der Waals surface area contributed by atoms with Crippen molar-refractivity contribution in [1.82, 2.24) is 9.88 Å². The Morgan fingerprint density at radius 2 is 1.95 bits per heavy atom. The summed E-state index contributed by atoms with van der Waals surface area (Å²) in [5.41, 5.74) is 2.89. The number of aromatic nitrogens is 1. The number of aryl methyl sites for hydroxylation is 1. The fraction of sp³-hybridized carbons (Fsp3) is 0.444. The van der Waals surface area contributed by atoms with Crippen molar-refractivity contribution in [2.24, 2.45) is 5.92 Å². The average molecular weight is 314 g/mol. The minimum absolute atomic E-state index is 0.154. The van der Waals surface area contributed by atoms with Crippen molar-refractivity contribution >= 4 is 17.2 Å². The normalized spacial score (nSPS) is 21.9. The summed E-state index contributed by atoms with van der Waals surface area (Å²) >= 11 is 1.64. The molecule has 116 valence electrons. The monoisotopic (exact) mass is 314 g/mol. The molecule has 1 aliphatic heterocycles. The van der Waals surface area contributed by atoms with Crippen molar-refractivity contribution in [2.75, 3.05) is 6.54 Å². The lowest BCUT2D eigenvalue weighted by molar-refractivity contribution is 0.0574. The van der Waals surface area contributed by atoms with E-state index in [1.54, 1.807) is 11.3 Å². The highest BCUT2D eigenvalue weighted by Gasteiger charge is 2.27. The Hall–Kier alpha value is -1.68. The van der Waals surface area contributed by atoms with Crippen LogP contribution in [-0.4, -0.2) is 28.4 Å². The second-order valence-electron chi connectivity index (χ2n) is 6.36. The topological polar surface area (TPSA) is 33.2 Å². The summed E-state index contributed by atoms with van der Waals surface area (Å²) < 4.78 is 0. The predicted molar refractivity (Wildman–Crippen MR) is 91.2 cm³/mol. The highest BCUT2D eigenvalue weighted by atomic mass is 32.1. The summed E-state index contributed by atoms with van der Waals surface area (Å²) in [6.45, 7) is 7.24. The largest absolute Gasteiger partial charge is 0.336 e. The van der Waals surface area contributed by atoms with Crippen LogP contribution in [-0.2, 0) is 0 Å². The van der Waals surface area contributed by atoms with Crippen molar-refractivity contribution in [3.63, 3.8) is 0 Å². The standard InChI is InChI=1S/C18H22N2OS/c1-12-4-5-14(3)20(10-12)18(21)16-8-6-15(7-9-16)17-19-13(2)11-22-17/h6-9,11-12,14H,4-5,10H2,1-3H3/t12-,14-/m0/s1. The minimum Gasteiger partial charge on any atom is -0.336 e. The number of likely N-dealkylation sites (tertiary alicyclic amines) is 1. The molecule has 1 amide bonds. The lowest BCUT2D eigenvalue weighted by Crippen LogP contribution is -2.44. The third kappa shape index (κ3) is 3.07. The van der Waals surface area contributed by atoms with Crippen LogP contribution in [0.3, 0.4) is 0 Å². The molecule has 0 unspecified atom stereocenters. The van der Waals surface area contributed by atoms with Crippen LogP contribution in [0.15, 0.2) is 29.6 Å². The van der Waals surface area contributed by atoms with Gasteiger partial charge in [0.25, 0.3) is 5.91 Å². The molecule has 1 aromatic carbocycles. The number of amides is 1. The molecule has 2 atom stereocenters. The van der Waals surface area contributed by atoms with E-state index in [0.29, 0.717) is 12.0 Å². The highest BCUT2D eigenvalue weighted by Crippen LogP contribution is 2.26.